The van der Waals surface area contributed by atoms with Gasteiger partial charge in [0.15, 0.2) is 8.32 Å². The van der Waals surface area contributed by atoms with Crippen molar-refractivity contribution in [2.45, 2.75) is 96.7 Å². The molecule has 9 nitrogen and oxygen atoms in total. The quantitative estimate of drug-likeness (QED) is 0.135. The summed E-state index contributed by atoms with van der Waals surface area (Å²) in [6.07, 6.45) is 5.50. The summed E-state index contributed by atoms with van der Waals surface area (Å²) >= 11 is 13.0. The van der Waals surface area contributed by atoms with Crippen LogP contribution in [0.15, 0.2) is 67.0 Å². The minimum absolute atomic E-state index is 0.0372. The van der Waals surface area contributed by atoms with Gasteiger partial charge in [-0.05, 0) is 93.2 Å². The molecule has 2 N–H and O–H groups in total. The summed E-state index contributed by atoms with van der Waals surface area (Å²) in [6, 6.07) is 18.5. The fourth-order valence-electron chi connectivity index (χ4n) is 6.52. The Morgan fingerprint density at radius 2 is 1.72 bits per heavy atom. The number of pyridine rings is 1. The SMILES string of the molecule is CC(C)(C)N1CCC(n2cc([C@@H](Nc3cc(Cl)c4ncc(C#N)c(Nc5ccc(F)c(Cl)c5)c4c3)c3cccc(CO[Si](C)(C)C(C)(C)C)c3)nn2)CC1. The van der Waals surface area contributed by atoms with Crippen molar-refractivity contribution < 1.29 is 8.82 Å². The highest BCUT2D eigenvalue weighted by atomic mass is 35.5. The molecule has 6 rings (SSSR count). The number of nitriles is 1. The molecule has 0 amide bonds. The summed E-state index contributed by atoms with van der Waals surface area (Å²) in [5, 5.41) is 27.5. The highest BCUT2D eigenvalue weighted by Gasteiger charge is 2.37. The third-order valence-electron chi connectivity index (χ3n) is 10.8. The average Bonchev–Trinajstić information content (AvgIpc) is 3.61. The first-order valence-corrected chi connectivity index (χ1v) is 22.0. The van der Waals surface area contributed by atoms with E-state index >= 15 is 0 Å². The van der Waals surface area contributed by atoms with Crippen LogP contribution in [0.4, 0.5) is 21.5 Å². The molecule has 0 spiro atoms. The Bertz CT molecular complexity index is 2180. The normalized spacial score (nSPS) is 15.3. The van der Waals surface area contributed by atoms with Gasteiger partial charge in [0.05, 0.1) is 51.7 Å². The van der Waals surface area contributed by atoms with Crippen molar-refractivity contribution in [3.63, 3.8) is 0 Å². The molecule has 13 heteroatoms. The lowest BCUT2D eigenvalue weighted by molar-refractivity contribution is 0.0866. The number of rotatable bonds is 10. The maximum Gasteiger partial charge on any atom is 0.192 e. The molecule has 0 bridgehead atoms. The number of benzene rings is 3. The lowest BCUT2D eigenvalue weighted by atomic mass is 9.98. The van der Waals surface area contributed by atoms with E-state index in [9.17, 15) is 9.65 Å². The number of hydrogen-bond donors (Lipinski definition) is 2. The Balaban J connectivity index is 1.38. The molecule has 1 saturated heterocycles. The molecule has 5 aromatic rings. The molecular weight excluding hydrogens is 738 g/mol. The van der Waals surface area contributed by atoms with Crippen molar-refractivity contribution in [3.05, 3.63) is 105 Å². The molecule has 54 heavy (non-hydrogen) atoms. The summed E-state index contributed by atoms with van der Waals surface area (Å²) < 4.78 is 22.6. The van der Waals surface area contributed by atoms with Crippen LogP contribution in [0.1, 0.15) is 88.9 Å². The van der Waals surface area contributed by atoms with Crippen molar-refractivity contribution in [3.8, 4) is 6.07 Å². The second-order valence-electron chi connectivity index (χ2n) is 16.7. The number of nitrogens with one attached hydrogen (secondary N) is 2. The van der Waals surface area contributed by atoms with Gasteiger partial charge in [0.25, 0.3) is 0 Å². The number of aromatic nitrogens is 4. The van der Waals surface area contributed by atoms with Crippen LogP contribution >= 0.6 is 23.2 Å². The van der Waals surface area contributed by atoms with E-state index < -0.39 is 20.2 Å². The number of hydrogen-bond acceptors (Lipinski definition) is 8. The second kappa shape index (κ2) is 15.6. The highest BCUT2D eigenvalue weighted by Crippen LogP contribution is 2.39. The number of halogens is 3. The first kappa shape index (κ1) is 39.6. The van der Waals surface area contributed by atoms with E-state index in [1.54, 1.807) is 6.07 Å². The van der Waals surface area contributed by atoms with Crippen LogP contribution in [0, 0.1) is 17.1 Å². The van der Waals surface area contributed by atoms with Crippen molar-refractivity contribution >= 4 is 59.5 Å². The van der Waals surface area contributed by atoms with Gasteiger partial charge in [-0.15, -0.1) is 5.10 Å². The molecule has 3 aromatic carbocycles. The van der Waals surface area contributed by atoms with Gasteiger partial charge in [0.2, 0.25) is 0 Å². The molecule has 0 unspecified atom stereocenters. The van der Waals surface area contributed by atoms with E-state index in [1.807, 2.05) is 22.9 Å². The highest BCUT2D eigenvalue weighted by molar-refractivity contribution is 6.74. The molecule has 0 radical (unpaired) electrons. The van der Waals surface area contributed by atoms with Gasteiger partial charge in [0, 0.05) is 41.6 Å². The largest absolute Gasteiger partial charge is 0.413 e. The van der Waals surface area contributed by atoms with Gasteiger partial charge < -0.3 is 15.1 Å². The molecule has 284 valence electrons. The maximum absolute atomic E-state index is 14.0. The van der Waals surface area contributed by atoms with Gasteiger partial charge in [-0.2, -0.15) is 5.26 Å². The van der Waals surface area contributed by atoms with Crippen molar-refractivity contribution in [1.29, 1.82) is 5.26 Å². The molecule has 1 atom stereocenters. The molecule has 3 heterocycles. The van der Waals surface area contributed by atoms with Gasteiger partial charge >= 0.3 is 0 Å². The monoisotopic (exact) mass is 786 g/mol. The maximum atomic E-state index is 14.0. The topological polar surface area (TPSA) is 104 Å². The van der Waals surface area contributed by atoms with E-state index in [1.165, 1.54) is 18.3 Å². The molecule has 0 saturated carbocycles. The third kappa shape index (κ3) is 8.74. The number of likely N-dealkylation sites (tertiary alicyclic amines) is 1. The van der Waals surface area contributed by atoms with E-state index in [0.717, 1.165) is 42.8 Å². The standard InChI is InChI=1S/C41H49Cl2FN8OSi/c1-40(2,3)51-16-14-31(15-17-51)52-24-36(49-50-52)38(27-11-9-10-26(18-27)25-53-54(7,8)41(4,5)6)48-30-19-32-37(47-29-12-13-35(44)33(42)20-29)28(22-45)23-46-39(32)34(43)21-30/h9-13,18-21,23-24,31,38,48H,14-17,25H2,1-8H3,(H,46,47)/t38-/m0/s1. The van der Waals surface area contributed by atoms with Crippen LogP contribution in [0.3, 0.4) is 0 Å². The summed E-state index contributed by atoms with van der Waals surface area (Å²) in [7, 11) is -1.99. The Hall–Kier alpha value is -4.05. The van der Waals surface area contributed by atoms with Gasteiger partial charge in [-0.1, -0.05) is 73.5 Å². The van der Waals surface area contributed by atoms with Crippen LogP contribution in [0.5, 0.6) is 0 Å². The van der Waals surface area contributed by atoms with Gasteiger partial charge in [-0.25, -0.2) is 9.07 Å². The van der Waals surface area contributed by atoms with Crippen LogP contribution in [0.25, 0.3) is 10.9 Å². The smallest absolute Gasteiger partial charge is 0.192 e. The first-order chi connectivity index (χ1) is 25.4. The van der Waals surface area contributed by atoms with E-state index in [4.69, 9.17) is 32.7 Å². The van der Waals surface area contributed by atoms with E-state index in [0.29, 0.717) is 45.2 Å². The Morgan fingerprint density at radius 1 is 1.00 bits per heavy atom. The van der Waals surface area contributed by atoms with Crippen molar-refractivity contribution in [2.24, 2.45) is 0 Å². The van der Waals surface area contributed by atoms with Crippen LogP contribution < -0.4 is 10.6 Å². The lowest BCUT2D eigenvalue weighted by Crippen LogP contribution is -2.46. The molecule has 1 aliphatic heterocycles. The zero-order chi connectivity index (χ0) is 39.0. The minimum Gasteiger partial charge on any atom is -0.413 e. The molecular formula is C41H49Cl2FN8OSi. The van der Waals surface area contributed by atoms with Gasteiger partial charge in [-0.3, -0.25) is 9.88 Å². The molecule has 0 aliphatic carbocycles. The number of anilines is 3. The fourth-order valence-corrected chi connectivity index (χ4v) is 7.93. The van der Waals surface area contributed by atoms with Crippen molar-refractivity contribution in [2.75, 3.05) is 23.7 Å². The third-order valence-corrected chi connectivity index (χ3v) is 15.9. The predicted molar refractivity (Wildman–Crippen MR) is 220 cm³/mol. The lowest BCUT2D eigenvalue weighted by Gasteiger charge is -2.40. The molecule has 1 fully saturated rings. The zero-order valence-electron chi connectivity index (χ0n) is 32.3. The number of piperidine rings is 1. The van der Waals surface area contributed by atoms with Crippen LogP contribution in [0.2, 0.25) is 28.2 Å². The van der Waals surface area contributed by atoms with E-state index in [2.05, 4.69) is 111 Å². The predicted octanol–water partition coefficient (Wildman–Crippen LogP) is 11.0. The summed E-state index contributed by atoms with van der Waals surface area (Å²) in [5.74, 6) is -0.536. The molecule has 1 aliphatic rings. The summed E-state index contributed by atoms with van der Waals surface area (Å²) in [6.45, 7) is 20.5. The Labute approximate surface area is 329 Å². The Morgan fingerprint density at radius 3 is 2.39 bits per heavy atom. The summed E-state index contributed by atoms with van der Waals surface area (Å²) in [5.41, 5.74) is 5.41. The molecule has 2 aromatic heterocycles. The first-order valence-electron chi connectivity index (χ1n) is 18.3. The number of nitrogens with zero attached hydrogens (tertiary/aromatic N) is 6. The summed E-state index contributed by atoms with van der Waals surface area (Å²) in [4.78, 5) is 7.04. The number of fused-ring (bicyclic) bond motifs is 1. The Kier molecular flexibility index (Phi) is 11.4. The van der Waals surface area contributed by atoms with E-state index in [-0.39, 0.29) is 21.6 Å². The zero-order valence-corrected chi connectivity index (χ0v) is 34.8. The fraction of sp³-hybridized carbons (Fsp3) is 0.415. The second-order valence-corrected chi connectivity index (χ2v) is 22.3. The van der Waals surface area contributed by atoms with Gasteiger partial charge in [0.1, 0.15) is 17.6 Å². The van der Waals surface area contributed by atoms with Crippen molar-refractivity contribution in [1.82, 2.24) is 24.9 Å². The minimum atomic E-state index is -1.99. The average molecular weight is 788 g/mol. The van der Waals surface area contributed by atoms with Crippen LogP contribution in [-0.4, -0.2) is 51.8 Å². The van der Waals surface area contributed by atoms with Crippen LogP contribution in [-0.2, 0) is 11.0 Å².